The molecule has 0 spiro atoms. The standard InChI is InChI=1S/C26H40ClN3O3/c1-17(26(4,5)33)28-24(32)29-22-9-7-6-8-20(22)23(31)30-15-14-21(25(2,3)16-30)18-10-12-19(27)13-11-18/h10-13,17,20-22,33H,6-9,14-16H2,1-5H3,(H2,28,29,32)/t17-,20-,21?,22+/m0/s1. The molecule has 3 N–H and O–H groups in total. The zero-order chi connectivity index (χ0) is 24.4. The van der Waals surface area contributed by atoms with Crippen LogP contribution >= 0.6 is 11.6 Å². The summed E-state index contributed by atoms with van der Waals surface area (Å²) < 4.78 is 0. The molecule has 3 amide bonds. The third kappa shape index (κ3) is 6.42. The molecule has 0 radical (unpaired) electrons. The summed E-state index contributed by atoms with van der Waals surface area (Å²) >= 11 is 6.07. The predicted octanol–water partition coefficient (Wildman–Crippen LogP) is 4.70. The Bertz CT molecular complexity index is 834. The molecule has 1 aliphatic heterocycles. The average Bonchev–Trinajstić information content (AvgIpc) is 2.73. The molecule has 0 aromatic heterocycles. The van der Waals surface area contributed by atoms with E-state index < -0.39 is 11.6 Å². The lowest BCUT2D eigenvalue weighted by Gasteiger charge is -2.46. The molecule has 1 heterocycles. The van der Waals surface area contributed by atoms with Gasteiger partial charge in [-0.15, -0.1) is 0 Å². The minimum Gasteiger partial charge on any atom is -0.388 e. The summed E-state index contributed by atoms with van der Waals surface area (Å²) in [6.45, 7) is 11.0. The molecular formula is C26H40ClN3O3. The minimum absolute atomic E-state index is 0.0567. The molecule has 7 heteroatoms. The van der Waals surface area contributed by atoms with Crippen LogP contribution in [-0.2, 0) is 4.79 Å². The molecule has 1 saturated heterocycles. The second-order valence-corrected chi connectivity index (χ2v) is 11.6. The molecule has 184 valence electrons. The van der Waals surface area contributed by atoms with Crippen LogP contribution in [0.4, 0.5) is 4.79 Å². The maximum Gasteiger partial charge on any atom is 0.315 e. The molecule has 33 heavy (non-hydrogen) atoms. The molecule has 1 aromatic rings. The zero-order valence-electron chi connectivity index (χ0n) is 20.7. The highest BCUT2D eigenvalue weighted by Gasteiger charge is 2.42. The lowest BCUT2D eigenvalue weighted by Crippen LogP contribution is -2.57. The van der Waals surface area contributed by atoms with Crippen LogP contribution in [0.3, 0.4) is 0 Å². The molecule has 3 rings (SSSR count). The van der Waals surface area contributed by atoms with E-state index in [9.17, 15) is 14.7 Å². The second-order valence-electron chi connectivity index (χ2n) is 11.1. The van der Waals surface area contributed by atoms with Crippen molar-refractivity contribution in [3.63, 3.8) is 0 Å². The fourth-order valence-corrected chi connectivity index (χ4v) is 5.40. The molecule has 1 aromatic carbocycles. The Kier molecular flexibility index (Phi) is 8.00. The van der Waals surface area contributed by atoms with Gasteiger partial charge in [0.2, 0.25) is 5.91 Å². The number of hydrogen-bond acceptors (Lipinski definition) is 3. The first-order chi connectivity index (χ1) is 15.4. The van der Waals surface area contributed by atoms with Gasteiger partial charge in [0, 0.05) is 24.2 Å². The number of nitrogens with one attached hydrogen (secondary N) is 2. The zero-order valence-corrected chi connectivity index (χ0v) is 21.4. The molecule has 1 aliphatic carbocycles. The average molecular weight is 478 g/mol. The van der Waals surface area contributed by atoms with Crippen LogP contribution in [0.5, 0.6) is 0 Å². The topological polar surface area (TPSA) is 81.7 Å². The summed E-state index contributed by atoms with van der Waals surface area (Å²) in [5.41, 5.74) is 0.198. The molecule has 6 nitrogen and oxygen atoms in total. The van der Waals surface area contributed by atoms with Gasteiger partial charge in [-0.3, -0.25) is 4.79 Å². The van der Waals surface area contributed by atoms with Gasteiger partial charge in [-0.2, -0.15) is 0 Å². The van der Waals surface area contributed by atoms with Gasteiger partial charge in [0.05, 0.1) is 17.6 Å². The smallest absolute Gasteiger partial charge is 0.315 e. The van der Waals surface area contributed by atoms with E-state index in [1.54, 1.807) is 20.8 Å². The summed E-state index contributed by atoms with van der Waals surface area (Å²) in [5.74, 6) is 0.316. The Balaban J connectivity index is 1.65. The first-order valence-electron chi connectivity index (χ1n) is 12.2. The van der Waals surface area contributed by atoms with Gasteiger partial charge in [-0.05, 0) is 69.1 Å². The number of piperidine rings is 1. The van der Waals surface area contributed by atoms with Crippen molar-refractivity contribution in [3.05, 3.63) is 34.9 Å². The maximum absolute atomic E-state index is 13.6. The second kappa shape index (κ2) is 10.2. The molecule has 1 saturated carbocycles. The number of amides is 3. The van der Waals surface area contributed by atoms with E-state index in [1.807, 2.05) is 17.0 Å². The molecule has 2 fully saturated rings. The Hall–Kier alpha value is -1.79. The Labute approximate surface area is 203 Å². The highest BCUT2D eigenvalue weighted by molar-refractivity contribution is 6.30. The van der Waals surface area contributed by atoms with E-state index in [0.717, 1.165) is 43.7 Å². The molecular weight excluding hydrogens is 438 g/mol. The number of aliphatic hydroxyl groups is 1. The van der Waals surface area contributed by atoms with Crippen molar-refractivity contribution in [2.75, 3.05) is 13.1 Å². The first-order valence-corrected chi connectivity index (χ1v) is 12.6. The monoisotopic (exact) mass is 477 g/mol. The number of likely N-dealkylation sites (tertiary alicyclic amines) is 1. The fourth-order valence-electron chi connectivity index (χ4n) is 5.27. The van der Waals surface area contributed by atoms with Crippen molar-refractivity contribution in [2.24, 2.45) is 11.3 Å². The fraction of sp³-hybridized carbons (Fsp3) is 0.692. The first kappa shape index (κ1) is 25.8. The summed E-state index contributed by atoms with van der Waals surface area (Å²) in [4.78, 5) is 28.2. The van der Waals surface area contributed by atoms with Gasteiger partial charge in [0.15, 0.2) is 0 Å². The summed E-state index contributed by atoms with van der Waals surface area (Å²) in [5, 5.41) is 16.7. The summed E-state index contributed by atoms with van der Waals surface area (Å²) in [6, 6.07) is 7.16. The van der Waals surface area contributed by atoms with Crippen LogP contribution in [0.1, 0.15) is 78.2 Å². The minimum atomic E-state index is -1.01. The largest absolute Gasteiger partial charge is 0.388 e. The van der Waals surface area contributed by atoms with E-state index in [1.165, 1.54) is 5.56 Å². The van der Waals surface area contributed by atoms with Crippen molar-refractivity contribution < 1.29 is 14.7 Å². The highest BCUT2D eigenvalue weighted by Crippen LogP contribution is 2.43. The van der Waals surface area contributed by atoms with Crippen LogP contribution in [-0.4, -0.2) is 52.7 Å². The van der Waals surface area contributed by atoms with Crippen LogP contribution in [0.15, 0.2) is 24.3 Å². The van der Waals surface area contributed by atoms with Gasteiger partial charge in [-0.1, -0.05) is 50.4 Å². The van der Waals surface area contributed by atoms with Gasteiger partial charge < -0.3 is 20.6 Å². The number of carbonyl (C=O) groups excluding carboxylic acids is 2. The number of urea groups is 1. The van der Waals surface area contributed by atoms with Crippen molar-refractivity contribution >= 4 is 23.5 Å². The van der Waals surface area contributed by atoms with Gasteiger partial charge in [0.25, 0.3) is 0 Å². The predicted molar refractivity (Wildman–Crippen MR) is 132 cm³/mol. The highest BCUT2D eigenvalue weighted by atomic mass is 35.5. The van der Waals surface area contributed by atoms with Gasteiger partial charge in [-0.25, -0.2) is 4.79 Å². The number of benzene rings is 1. The lowest BCUT2D eigenvalue weighted by molar-refractivity contribution is -0.141. The van der Waals surface area contributed by atoms with Gasteiger partial charge in [0.1, 0.15) is 0 Å². The van der Waals surface area contributed by atoms with Crippen molar-refractivity contribution in [3.8, 4) is 0 Å². The third-order valence-corrected chi connectivity index (χ3v) is 7.87. The van der Waals surface area contributed by atoms with Gasteiger partial charge >= 0.3 is 6.03 Å². The molecule has 4 atom stereocenters. The van der Waals surface area contributed by atoms with Crippen LogP contribution in [0, 0.1) is 11.3 Å². The van der Waals surface area contributed by atoms with Crippen molar-refractivity contribution in [2.45, 2.75) is 90.3 Å². The molecule has 0 bridgehead atoms. The maximum atomic E-state index is 13.6. The van der Waals surface area contributed by atoms with Crippen LogP contribution in [0.2, 0.25) is 5.02 Å². The summed E-state index contributed by atoms with van der Waals surface area (Å²) in [7, 11) is 0. The number of halogens is 1. The number of rotatable bonds is 5. The Morgan fingerprint density at radius 2 is 1.79 bits per heavy atom. The van der Waals surface area contributed by atoms with E-state index >= 15 is 0 Å². The number of carbonyl (C=O) groups is 2. The van der Waals surface area contributed by atoms with E-state index in [0.29, 0.717) is 12.5 Å². The van der Waals surface area contributed by atoms with Crippen molar-refractivity contribution in [1.82, 2.24) is 15.5 Å². The molecule has 2 aliphatic rings. The van der Waals surface area contributed by atoms with E-state index in [2.05, 4.69) is 36.6 Å². The number of nitrogens with zero attached hydrogens (tertiary/aromatic N) is 1. The SMILES string of the molecule is C[C@H](NC(=O)N[C@@H]1CCCC[C@@H]1C(=O)N1CCC(c2ccc(Cl)cc2)C(C)(C)C1)C(C)(C)O. The number of hydrogen-bond donors (Lipinski definition) is 3. The summed E-state index contributed by atoms with van der Waals surface area (Å²) in [6.07, 6.45) is 4.50. The van der Waals surface area contributed by atoms with Crippen LogP contribution in [0.25, 0.3) is 0 Å². The lowest BCUT2D eigenvalue weighted by atomic mass is 9.70. The quantitative estimate of drug-likeness (QED) is 0.574. The third-order valence-electron chi connectivity index (χ3n) is 7.62. The van der Waals surface area contributed by atoms with E-state index in [-0.39, 0.29) is 29.3 Å². The van der Waals surface area contributed by atoms with Crippen LogP contribution < -0.4 is 10.6 Å². The Morgan fingerprint density at radius 1 is 1.15 bits per heavy atom. The van der Waals surface area contributed by atoms with Crippen molar-refractivity contribution in [1.29, 1.82) is 0 Å². The van der Waals surface area contributed by atoms with E-state index in [4.69, 9.17) is 11.6 Å². The molecule has 1 unspecified atom stereocenters. The normalized spacial score (nSPS) is 26.4. The Morgan fingerprint density at radius 3 is 2.39 bits per heavy atom.